The van der Waals surface area contributed by atoms with E-state index in [0.29, 0.717) is 12.3 Å². The number of benzene rings is 1. The van der Waals surface area contributed by atoms with Crippen molar-refractivity contribution < 1.29 is 9.84 Å². The number of anilines is 1. The minimum absolute atomic E-state index is 0.587. The van der Waals surface area contributed by atoms with E-state index in [-0.39, 0.29) is 0 Å². The van der Waals surface area contributed by atoms with E-state index in [4.69, 9.17) is 4.74 Å². The molecule has 3 aromatic rings. The van der Waals surface area contributed by atoms with Gasteiger partial charge in [0.15, 0.2) is 0 Å². The molecule has 3 heterocycles. The maximum absolute atomic E-state index is 10.4. The Morgan fingerprint density at radius 2 is 2.03 bits per heavy atom. The standard InChI is InChI=1S/C22H27N5O2/c28-22(6-3-18-11-23-8-7-21(18)19-12-25-26-13-19)27-20-4-1-16(2-5-20)9-24-10-17-14-29-15-17/h1-2,4-5,7-8,11-13,17,22,24,27-28H,3,6,9-10,14-15H2,(H,25,26). The molecule has 7 heteroatoms. The minimum Gasteiger partial charge on any atom is -0.381 e. The van der Waals surface area contributed by atoms with E-state index < -0.39 is 6.23 Å². The number of aliphatic hydroxyl groups is 1. The van der Waals surface area contributed by atoms with Crippen LogP contribution >= 0.6 is 0 Å². The van der Waals surface area contributed by atoms with E-state index in [1.165, 1.54) is 5.56 Å². The van der Waals surface area contributed by atoms with Gasteiger partial charge in [-0.1, -0.05) is 12.1 Å². The lowest BCUT2D eigenvalue weighted by molar-refractivity contribution is -0.0307. The zero-order valence-corrected chi connectivity index (χ0v) is 16.3. The predicted octanol–water partition coefficient (Wildman–Crippen LogP) is 2.57. The number of aliphatic hydroxyl groups excluding tert-OH is 1. The Bertz CT molecular complexity index is 878. The van der Waals surface area contributed by atoms with Crippen molar-refractivity contribution in [3.05, 3.63) is 66.2 Å². The number of nitrogens with one attached hydrogen (secondary N) is 3. The van der Waals surface area contributed by atoms with Gasteiger partial charge in [0, 0.05) is 48.8 Å². The summed E-state index contributed by atoms with van der Waals surface area (Å²) in [6.45, 7) is 3.58. The highest BCUT2D eigenvalue weighted by Gasteiger charge is 2.17. The van der Waals surface area contributed by atoms with Crippen molar-refractivity contribution in [1.82, 2.24) is 20.5 Å². The SMILES string of the molecule is OC(CCc1cnccc1-c1cn[nH]c1)Nc1ccc(CNCC2COC2)cc1. The number of aryl methyl sites for hydroxylation is 1. The molecule has 29 heavy (non-hydrogen) atoms. The van der Waals surface area contributed by atoms with Crippen LogP contribution in [0.3, 0.4) is 0 Å². The van der Waals surface area contributed by atoms with Crippen LogP contribution in [0.15, 0.2) is 55.1 Å². The zero-order valence-electron chi connectivity index (χ0n) is 16.3. The van der Waals surface area contributed by atoms with Gasteiger partial charge in [0.05, 0.1) is 19.4 Å². The molecule has 0 aliphatic carbocycles. The van der Waals surface area contributed by atoms with Crippen LogP contribution < -0.4 is 10.6 Å². The molecule has 1 aromatic carbocycles. The highest BCUT2D eigenvalue weighted by atomic mass is 16.5. The van der Waals surface area contributed by atoms with Crippen molar-refractivity contribution in [2.75, 3.05) is 25.1 Å². The number of H-pyrrole nitrogens is 1. The Hall–Kier alpha value is -2.74. The fourth-order valence-electron chi connectivity index (χ4n) is 3.40. The highest BCUT2D eigenvalue weighted by molar-refractivity contribution is 5.65. The molecule has 4 N–H and O–H groups in total. The summed E-state index contributed by atoms with van der Waals surface area (Å²) in [6.07, 6.45) is 7.96. The van der Waals surface area contributed by atoms with Gasteiger partial charge < -0.3 is 20.5 Å². The van der Waals surface area contributed by atoms with Crippen LogP contribution in [0.1, 0.15) is 17.5 Å². The molecule has 1 saturated heterocycles. The zero-order chi connectivity index (χ0) is 19.9. The Kier molecular flexibility index (Phi) is 6.51. The molecule has 4 rings (SSSR count). The molecule has 0 amide bonds. The topological polar surface area (TPSA) is 95.1 Å². The van der Waals surface area contributed by atoms with Gasteiger partial charge in [0.1, 0.15) is 6.23 Å². The number of nitrogens with zero attached hydrogens (tertiary/aromatic N) is 2. The third-order valence-electron chi connectivity index (χ3n) is 5.16. The summed E-state index contributed by atoms with van der Waals surface area (Å²) in [4.78, 5) is 4.23. The molecule has 0 saturated carbocycles. The first-order chi connectivity index (χ1) is 14.3. The van der Waals surface area contributed by atoms with Gasteiger partial charge in [-0.2, -0.15) is 5.10 Å². The summed E-state index contributed by atoms with van der Waals surface area (Å²) in [5.41, 5.74) is 5.35. The van der Waals surface area contributed by atoms with Crippen molar-refractivity contribution in [2.45, 2.75) is 25.6 Å². The minimum atomic E-state index is -0.630. The summed E-state index contributed by atoms with van der Waals surface area (Å²) in [6, 6.07) is 10.2. The second-order valence-corrected chi connectivity index (χ2v) is 7.45. The van der Waals surface area contributed by atoms with E-state index in [9.17, 15) is 5.11 Å². The fraction of sp³-hybridized carbons (Fsp3) is 0.364. The van der Waals surface area contributed by atoms with E-state index in [2.05, 4.69) is 37.9 Å². The number of rotatable bonds is 10. The van der Waals surface area contributed by atoms with Crippen molar-refractivity contribution >= 4 is 5.69 Å². The highest BCUT2D eigenvalue weighted by Crippen LogP contribution is 2.23. The molecule has 0 radical (unpaired) electrons. The largest absolute Gasteiger partial charge is 0.381 e. The maximum Gasteiger partial charge on any atom is 0.124 e. The molecule has 1 aliphatic rings. The summed E-state index contributed by atoms with van der Waals surface area (Å²) in [7, 11) is 0. The Balaban J connectivity index is 1.25. The second kappa shape index (κ2) is 9.65. The summed E-state index contributed by atoms with van der Waals surface area (Å²) in [5.74, 6) is 0.653. The van der Waals surface area contributed by atoms with Gasteiger partial charge >= 0.3 is 0 Å². The molecule has 1 unspecified atom stereocenters. The lowest BCUT2D eigenvalue weighted by Gasteiger charge is -2.26. The smallest absolute Gasteiger partial charge is 0.124 e. The Labute approximate surface area is 170 Å². The molecular formula is C22H27N5O2. The van der Waals surface area contributed by atoms with Crippen molar-refractivity contribution in [3.63, 3.8) is 0 Å². The average molecular weight is 393 g/mol. The first-order valence-corrected chi connectivity index (χ1v) is 10.0. The van der Waals surface area contributed by atoms with Gasteiger partial charge in [-0.05, 0) is 47.7 Å². The number of hydrogen-bond donors (Lipinski definition) is 4. The molecule has 0 bridgehead atoms. The Morgan fingerprint density at radius 3 is 2.76 bits per heavy atom. The van der Waals surface area contributed by atoms with E-state index in [0.717, 1.165) is 55.1 Å². The summed E-state index contributed by atoms with van der Waals surface area (Å²) in [5, 5.41) is 23.9. The third-order valence-corrected chi connectivity index (χ3v) is 5.16. The second-order valence-electron chi connectivity index (χ2n) is 7.45. The summed E-state index contributed by atoms with van der Waals surface area (Å²) < 4.78 is 5.18. The van der Waals surface area contributed by atoms with Crippen LogP contribution in [0.2, 0.25) is 0 Å². The first kappa shape index (κ1) is 19.6. The van der Waals surface area contributed by atoms with Crippen LogP contribution in [0.25, 0.3) is 11.1 Å². The van der Waals surface area contributed by atoms with Gasteiger partial charge in [0.25, 0.3) is 0 Å². The van der Waals surface area contributed by atoms with Gasteiger partial charge in [-0.25, -0.2) is 0 Å². The summed E-state index contributed by atoms with van der Waals surface area (Å²) >= 11 is 0. The number of ether oxygens (including phenoxy) is 1. The quantitative estimate of drug-likeness (QED) is 0.396. The van der Waals surface area contributed by atoms with Crippen molar-refractivity contribution in [1.29, 1.82) is 0 Å². The predicted molar refractivity (Wildman–Crippen MR) is 112 cm³/mol. The number of aromatic amines is 1. The lowest BCUT2D eigenvalue weighted by atomic mass is 10.0. The van der Waals surface area contributed by atoms with Gasteiger partial charge in [-0.3, -0.25) is 10.1 Å². The molecule has 1 atom stereocenters. The van der Waals surface area contributed by atoms with Crippen LogP contribution in [0.5, 0.6) is 0 Å². The number of hydrogen-bond acceptors (Lipinski definition) is 6. The number of aromatic nitrogens is 3. The van der Waals surface area contributed by atoms with E-state index in [1.807, 2.05) is 30.6 Å². The average Bonchev–Trinajstić information content (AvgIpc) is 3.24. The first-order valence-electron chi connectivity index (χ1n) is 10.0. The lowest BCUT2D eigenvalue weighted by Crippen LogP contribution is -2.36. The normalized spacial score (nSPS) is 15.1. The molecule has 1 fully saturated rings. The van der Waals surface area contributed by atoms with Crippen LogP contribution in [0.4, 0.5) is 5.69 Å². The van der Waals surface area contributed by atoms with E-state index in [1.54, 1.807) is 12.4 Å². The van der Waals surface area contributed by atoms with Gasteiger partial charge in [0.2, 0.25) is 0 Å². The molecule has 0 spiro atoms. The molecule has 1 aliphatic heterocycles. The Morgan fingerprint density at radius 1 is 1.17 bits per heavy atom. The molecular weight excluding hydrogens is 366 g/mol. The maximum atomic E-state index is 10.4. The fourth-order valence-corrected chi connectivity index (χ4v) is 3.40. The third kappa shape index (κ3) is 5.41. The van der Waals surface area contributed by atoms with Crippen LogP contribution in [0, 0.1) is 5.92 Å². The van der Waals surface area contributed by atoms with Crippen molar-refractivity contribution in [3.8, 4) is 11.1 Å². The van der Waals surface area contributed by atoms with Crippen LogP contribution in [-0.2, 0) is 17.7 Å². The molecule has 7 nitrogen and oxygen atoms in total. The van der Waals surface area contributed by atoms with Gasteiger partial charge in [-0.15, -0.1) is 0 Å². The van der Waals surface area contributed by atoms with Crippen molar-refractivity contribution in [2.24, 2.45) is 5.92 Å². The molecule has 152 valence electrons. The number of pyridine rings is 1. The van der Waals surface area contributed by atoms with E-state index >= 15 is 0 Å². The van der Waals surface area contributed by atoms with Crippen LogP contribution in [-0.4, -0.2) is 46.3 Å². The monoisotopic (exact) mass is 393 g/mol. The molecule has 2 aromatic heterocycles.